The van der Waals surface area contributed by atoms with Crippen molar-refractivity contribution in [3.8, 4) is 0 Å². The number of nitrogens with zero attached hydrogens (tertiary/aromatic N) is 2. The van der Waals surface area contributed by atoms with Crippen molar-refractivity contribution >= 4 is 12.0 Å². The van der Waals surface area contributed by atoms with E-state index in [4.69, 9.17) is 9.57 Å². The van der Waals surface area contributed by atoms with Crippen molar-refractivity contribution < 1.29 is 19.2 Å². The van der Waals surface area contributed by atoms with Crippen molar-refractivity contribution in [3.05, 3.63) is 0 Å². The molecule has 0 aromatic rings. The normalized spacial score (nSPS) is 12.8. The van der Waals surface area contributed by atoms with E-state index in [9.17, 15) is 9.59 Å². The number of hydrogen-bond donors (Lipinski definition) is 0. The molecule has 0 aliphatic carbocycles. The molecular weight excluding hydrogens is 260 g/mol. The van der Waals surface area contributed by atoms with Crippen LogP contribution in [-0.2, 0) is 14.4 Å². The first-order valence-electron chi connectivity index (χ1n) is 6.81. The Hall–Kier alpha value is -1.30. The second kappa shape index (κ2) is 8.09. The van der Waals surface area contributed by atoms with Gasteiger partial charge in [-0.2, -0.15) is 0 Å². The summed E-state index contributed by atoms with van der Waals surface area (Å²) < 4.78 is 5.26. The van der Waals surface area contributed by atoms with Gasteiger partial charge >= 0.3 is 6.09 Å². The molecule has 2 amide bonds. The van der Waals surface area contributed by atoms with Crippen LogP contribution >= 0.6 is 0 Å². The second-order valence-electron chi connectivity index (χ2n) is 6.07. The van der Waals surface area contributed by atoms with Gasteiger partial charge in [0.15, 0.2) is 0 Å². The molecule has 0 radical (unpaired) electrons. The number of hydroxylamine groups is 2. The molecular formula is C14H28N2O4. The van der Waals surface area contributed by atoms with Crippen molar-refractivity contribution in [3.63, 3.8) is 0 Å². The lowest BCUT2D eigenvalue weighted by Crippen LogP contribution is -2.35. The Morgan fingerprint density at radius 2 is 1.75 bits per heavy atom. The molecule has 0 fully saturated rings. The van der Waals surface area contributed by atoms with E-state index in [1.807, 2.05) is 27.7 Å². The maximum Gasteiger partial charge on any atom is 0.410 e. The Kier molecular flexibility index (Phi) is 7.57. The summed E-state index contributed by atoms with van der Waals surface area (Å²) in [5.74, 6) is 0.102. The van der Waals surface area contributed by atoms with Crippen LogP contribution in [0.2, 0.25) is 0 Å². The van der Waals surface area contributed by atoms with Crippen LogP contribution in [-0.4, -0.2) is 55.3 Å². The lowest BCUT2D eigenvalue weighted by molar-refractivity contribution is -0.169. The minimum atomic E-state index is -0.492. The van der Waals surface area contributed by atoms with E-state index in [0.717, 1.165) is 6.42 Å². The summed E-state index contributed by atoms with van der Waals surface area (Å²) in [6, 6.07) is 0. The molecule has 0 heterocycles. The van der Waals surface area contributed by atoms with Gasteiger partial charge in [0.2, 0.25) is 5.91 Å². The Balaban J connectivity index is 4.09. The zero-order valence-corrected chi connectivity index (χ0v) is 13.7. The van der Waals surface area contributed by atoms with Gasteiger partial charge in [-0.05, 0) is 33.1 Å². The van der Waals surface area contributed by atoms with Crippen molar-refractivity contribution in [1.29, 1.82) is 0 Å². The minimum absolute atomic E-state index is 0.0695. The van der Waals surface area contributed by atoms with Crippen LogP contribution in [0, 0.1) is 5.92 Å². The number of ether oxygens (including phenoxy) is 1. The van der Waals surface area contributed by atoms with Crippen LogP contribution in [0.1, 0.15) is 40.5 Å². The van der Waals surface area contributed by atoms with Crippen LogP contribution < -0.4 is 0 Å². The first-order valence-corrected chi connectivity index (χ1v) is 6.81. The largest absolute Gasteiger partial charge is 0.444 e. The fraction of sp³-hybridized carbons (Fsp3) is 0.857. The summed E-state index contributed by atoms with van der Waals surface area (Å²) in [4.78, 5) is 29.8. The smallest absolute Gasteiger partial charge is 0.410 e. The summed E-state index contributed by atoms with van der Waals surface area (Å²) in [5, 5.41) is 1.22. The van der Waals surface area contributed by atoms with Gasteiger partial charge in [0, 0.05) is 27.1 Å². The molecule has 0 aliphatic rings. The quantitative estimate of drug-likeness (QED) is 0.704. The molecule has 0 rings (SSSR count). The summed E-state index contributed by atoms with van der Waals surface area (Å²) in [6.45, 7) is 8.03. The van der Waals surface area contributed by atoms with Crippen LogP contribution in [0.3, 0.4) is 0 Å². The third-order valence-electron chi connectivity index (χ3n) is 2.81. The summed E-state index contributed by atoms with van der Waals surface area (Å²) >= 11 is 0. The fourth-order valence-corrected chi connectivity index (χ4v) is 1.48. The number of carbonyl (C=O) groups is 2. The van der Waals surface area contributed by atoms with E-state index < -0.39 is 5.60 Å². The molecule has 0 aliphatic heterocycles. The Morgan fingerprint density at radius 1 is 1.20 bits per heavy atom. The van der Waals surface area contributed by atoms with Gasteiger partial charge in [-0.3, -0.25) is 9.63 Å². The van der Waals surface area contributed by atoms with Crippen LogP contribution in [0.25, 0.3) is 0 Å². The Bertz CT molecular complexity index is 326. The van der Waals surface area contributed by atoms with Gasteiger partial charge in [0.25, 0.3) is 0 Å². The van der Waals surface area contributed by atoms with Crippen molar-refractivity contribution in [2.45, 2.75) is 46.1 Å². The van der Waals surface area contributed by atoms with Crippen molar-refractivity contribution in [2.75, 3.05) is 27.7 Å². The zero-order valence-electron chi connectivity index (χ0n) is 13.7. The SMILES string of the molecule is CON(C)C(=O)C[C@@H](C)CCN(C)C(=O)OC(C)(C)C. The molecule has 1 atom stereocenters. The lowest BCUT2D eigenvalue weighted by atomic mass is 10.0. The van der Waals surface area contributed by atoms with Gasteiger partial charge in [0.1, 0.15) is 5.60 Å². The highest BCUT2D eigenvalue weighted by atomic mass is 16.7. The van der Waals surface area contributed by atoms with E-state index in [2.05, 4.69) is 0 Å². The highest BCUT2D eigenvalue weighted by molar-refractivity contribution is 5.75. The second-order valence-corrected chi connectivity index (χ2v) is 6.07. The molecule has 0 unspecified atom stereocenters. The maximum atomic E-state index is 11.8. The Morgan fingerprint density at radius 3 is 2.20 bits per heavy atom. The summed E-state index contributed by atoms with van der Waals surface area (Å²) in [5.41, 5.74) is -0.492. The maximum absolute atomic E-state index is 11.8. The zero-order chi connectivity index (χ0) is 15.9. The van der Waals surface area contributed by atoms with Gasteiger partial charge in [0.05, 0.1) is 7.11 Å². The van der Waals surface area contributed by atoms with Crippen molar-refractivity contribution in [2.24, 2.45) is 5.92 Å². The average Bonchev–Trinajstić information content (AvgIpc) is 2.32. The highest BCUT2D eigenvalue weighted by Gasteiger charge is 2.20. The number of hydrogen-bond acceptors (Lipinski definition) is 4. The summed E-state index contributed by atoms with van der Waals surface area (Å²) in [6.07, 6.45) is 0.788. The van der Waals surface area contributed by atoms with E-state index in [0.29, 0.717) is 13.0 Å². The molecule has 6 nitrogen and oxygen atoms in total. The Labute approximate surface area is 122 Å². The molecule has 0 aromatic heterocycles. The third-order valence-corrected chi connectivity index (χ3v) is 2.81. The molecule has 0 saturated carbocycles. The molecule has 0 N–H and O–H groups in total. The first kappa shape index (κ1) is 18.7. The van der Waals surface area contributed by atoms with Crippen LogP contribution in [0.5, 0.6) is 0 Å². The molecule has 6 heteroatoms. The van der Waals surface area contributed by atoms with E-state index in [1.165, 1.54) is 17.1 Å². The summed E-state index contributed by atoms with van der Waals surface area (Å²) in [7, 11) is 4.74. The molecule has 20 heavy (non-hydrogen) atoms. The van der Waals surface area contributed by atoms with Crippen LogP contribution in [0.4, 0.5) is 4.79 Å². The molecule has 0 bridgehead atoms. The van der Waals surface area contributed by atoms with Crippen LogP contribution in [0.15, 0.2) is 0 Å². The molecule has 0 spiro atoms. The standard InChI is InChI=1S/C14H28N2O4/c1-11(10-12(17)16(6)19-7)8-9-15(5)13(18)20-14(2,3)4/h11H,8-10H2,1-7H3/t11-/m0/s1. The van der Waals surface area contributed by atoms with Gasteiger partial charge < -0.3 is 9.64 Å². The van der Waals surface area contributed by atoms with E-state index in [1.54, 1.807) is 14.1 Å². The number of rotatable bonds is 6. The third kappa shape index (κ3) is 7.99. The molecule has 118 valence electrons. The molecule has 0 saturated heterocycles. The minimum Gasteiger partial charge on any atom is -0.444 e. The lowest BCUT2D eigenvalue weighted by Gasteiger charge is -2.25. The average molecular weight is 288 g/mol. The van der Waals surface area contributed by atoms with Gasteiger partial charge in [-0.15, -0.1) is 0 Å². The van der Waals surface area contributed by atoms with E-state index in [-0.39, 0.29) is 17.9 Å². The van der Waals surface area contributed by atoms with Gasteiger partial charge in [-0.25, -0.2) is 9.86 Å². The monoisotopic (exact) mass is 288 g/mol. The number of amides is 2. The van der Waals surface area contributed by atoms with E-state index >= 15 is 0 Å². The van der Waals surface area contributed by atoms with Crippen molar-refractivity contribution in [1.82, 2.24) is 9.96 Å². The topological polar surface area (TPSA) is 59.1 Å². The molecule has 0 aromatic carbocycles. The fourth-order valence-electron chi connectivity index (χ4n) is 1.48. The number of carbonyl (C=O) groups excluding carboxylic acids is 2. The highest BCUT2D eigenvalue weighted by Crippen LogP contribution is 2.13. The van der Waals surface area contributed by atoms with Gasteiger partial charge in [-0.1, -0.05) is 6.92 Å². The first-order chi connectivity index (χ1) is 9.06. The predicted molar refractivity (Wildman–Crippen MR) is 77.0 cm³/mol. The predicted octanol–water partition coefficient (Wildman–Crippen LogP) is 2.29.